The molecule has 1 heterocycles. The topological polar surface area (TPSA) is 20.3 Å². The molecular formula is C16H29NO. The molecule has 0 amide bonds. The molecule has 2 nitrogen and oxygen atoms in total. The van der Waals surface area contributed by atoms with E-state index in [0.29, 0.717) is 5.78 Å². The second-order valence-corrected chi connectivity index (χ2v) is 6.64. The van der Waals surface area contributed by atoms with Gasteiger partial charge in [-0.1, -0.05) is 33.1 Å². The lowest BCUT2D eigenvalue weighted by atomic mass is 9.86. The Morgan fingerprint density at radius 3 is 2.28 bits per heavy atom. The van der Waals surface area contributed by atoms with Crippen LogP contribution in [0.2, 0.25) is 0 Å². The molecule has 1 aliphatic heterocycles. The fraction of sp³-hybridized carbons (Fsp3) is 0.938. The molecule has 0 spiro atoms. The summed E-state index contributed by atoms with van der Waals surface area (Å²) >= 11 is 0. The molecule has 0 unspecified atom stereocenters. The molecule has 2 fully saturated rings. The molecule has 0 aromatic carbocycles. The highest BCUT2D eigenvalue weighted by molar-refractivity contribution is 5.88. The van der Waals surface area contributed by atoms with Crippen molar-refractivity contribution in [3.63, 3.8) is 0 Å². The summed E-state index contributed by atoms with van der Waals surface area (Å²) in [6, 6.07) is 0. The van der Waals surface area contributed by atoms with Crippen molar-refractivity contribution in [3.05, 3.63) is 0 Å². The zero-order chi connectivity index (χ0) is 13.0. The van der Waals surface area contributed by atoms with Crippen LogP contribution < -0.4 is 0 Å². The Morgan fingerprint density at radius 1 is 1.11 bits per heavy atom. The zero-order valence-electron chi connectivity index (χ0n) is 12.2. The average Bonchev–Trinajstić information content (AvgIpc) is 3.00. The summed E-state index contributed by atoms with van der Waals surface area (Å²) < 4.78 is 0. The number of hydrogen-bond donors (Lipinski definition) is 0. The summed E-state index contributed by atoms with van der Waals surface area (Å²) in [6.45, 7) is 6.82. The molecule has 0 aromatic rings. The van der Waals surface area contributed by atoms with Crippen molar-refractivity contribution in [1.82, 2.24) is 4.90 Å². The third kappa shape index (κ3) is 2.96. The summed E-state index contributed by atoms with van der Waals surface area (Å²) in [5, 5.41) is 0. The fourth-order valence-electron chi connectivity index (χ4n) is 3.78. The number of Topliss-reactive ketones (excluding diaryl/α,β-unsaturated/α-hetero) is 1. The van der Waals surface area contributed by atoms with Crippen LogP contribution in [-0.2, 0) is 4.79 Å². The largest absolute Gasteiger partial charge is 0.298 e. The van der Waals surface area contributed by atoms with Crippen molar-refractivity contribution < 1.29 is 4.79 Å². The first-order chi connectivity index (χ1) is 8.65. The normalized spacial score (nSPS) is 23.9. The van der Waals surface area contributed by atoms with Crippen molar-refractivity contribution >= 4 is 5.78 Å². The van der Waals surface area contributed by atoms with Gasteiger partial charge in [0.25, 0.3) is 0 Å². The molecule has 2 aliphatic rings. The number of carbonyl (C=O) groups is 1. The fourth-order valence-corrected chi connectivity index (χ4v) is 3.78. The second kappa shape index (κ2) is 6.18. The van der Waals surface area contributed by atoms with E-state index in [4.69, 9.17) is 0 Å². The Kier molecular flexibility index (Phi) is 4.83. The van der Waals surface area contributed by atoms with Gasteiger partial charge in [-0.15, -0.1) is 0 Å². The summed E-state index contributed by atoms with van der Waals surface area (Å²) in [5.41, 5.74) is -0.0342. The SMILES string of the molecule is CC(C)CCCC(=O)C1(N2CCCC2)CCCC1. The van der Waals surface area contributed by atoms with Crippen LogP contribution in [0.25, 0.3) is 0 Å². The Morgan fingerprint density at radius 2 is 1.72 bits per heavy atom. The van der Waals surface area contributed by atoms with Crippen LogP contribution in [0.3, 0.4) is 0 Å². The average molecular weight is 251 g/mol. The van der Waals surface area contributed by atoms with Gasteiger partial charge in [0.15, 0.2) is 5.78 Å². The number of likely N-dealkylation sites (tertiary alicyclic amines) is 1. The van der Waals surface area contributed by atoms with E-state index in [1.54, 1.807) is 0 Å². The van der Waals surface area contributed by atoms with E-state index < -0.39 is 0 Å². The number of ketones is 1. The molecule has 0 bridgehead atoms. The van der Waals surface area contributed by atoms with Crippen LogP contribution in [-0.4, -0.2) is 29.3 Å². The molecule has 0 radical (unpaired) electrons. The summed E-state index contributed by atoms with van der Waals surface area (Å²) in [4.78, 5) is 15.2. The van der Waals surface area contributed by atoms with Crippen LogP contribution in [0.5, 0.6) is 0 Å². The molecule has 1 aliphatic carbocycles. The number of nitrogens with zero attached hydrogens (tertiary/aromatic N) is 1. The van der Waals surface area contributed by atoms with Gasteiger partial charge >= 0.3 is 0 Å². The third-order valence-corrected chi connectivity index (χ3v) is 4.85. The van der Waals surface area contributed by atoms with Gasteiger partial charge in [-0.3, -0.25) is 9.69 Å². The highest BCUT2D eigenvalue weighted by atomic mass is 16.1. The highest BCUT2D eigenvalue weighted by Gasteiger charge is 2.45. The molecule has 18 heavy (non-hydrogen) atoms. The van der Waals surface area contributed by atoms with Crippen molar-refractivity contribution in [1.29, 1.82) is 0 Å². The Balaban J connectivity index is 1.94. The van der Waals surface area contributed by atoms with Gasteiger partial charge < -0.3 is 0 Å². The molecule has 1 saturated heterocycles. The van der Waals surface area contributed by atoms with E-state index in [1.165, 1.54) is 32.1 Å². The van der Waals surface area contributed by atoms with Crippen LogP contribution in [0.1, 0.15) is 71.6 Å². The summed E-state index contributed by atoms with van der Waals surface area (Å²) in [6.07, 6.45) is 10.5. The van der Waals surface area contributed by atoms with Crippen molar-refractivity contribution in [2.24, 2.45) is 5.92 Å². The monoisotopic (exact) mass is 251 g/mol. The van der Waals surface area contributed by atoms with Gasteiger partial charge in [-0.25, -0.2) is 0 Å². The maximum atomic E-state index is 12.7. The second-order valence-electron chi connectivity index (χ2n) is 6.64. The van der Waals surface area contributed by atoms with Gasteiger partial charge in [-0.2, -0.15) is 0 Å². The molecule has 0 aromatic heterocycles. The van der Waals surface area contributed by atoms with E-state index in [2.05, 4.69) is 18.7 Å². The third-order valence-electron chi connectivity index (χ3n) is 4.85. The lowest BCUT2D eigenvalue weighted by Gasteiger charge is -2.37. The summed E-state index contributed by atoms with van der Waals surface area (Å²) in [7, 11) is 0. The number of hydrogen-bond acceptors (Lipinski definition) is 2. The Hall–Kier alpha value is -0.370. The van der Waals surface area contributed by atoms with E-state index in [0.717, 1.165) is 44.7 Å². The molecule has 2 heteroatoms. The molecule has 0 N–H and O–H groups in total. The van der Waals surface area contributed by atoms with Crippen LogP contribution in [0, 0.1) is 5.92 Å². The predicted molar refractivity (Wildman–Crippen MR) is 75.7 cm³/mol. The van der Waals surface area contributed by atoms with Crippen LogP contribution >= 0.6 is 0 Å². The molecule has 104 valence electrons. The van der Waals surface area contributed by atoms with Gasteiger partial charge in [0, 0.05) is 6.42 Å². The van der Waals surface area contributed by atoms with Gasteiger partial charge in [0.2, 0.25) is 0 Å². The number of carbonyl (C=O) groups excluding carboxylic acids is 1. The van der Waals surface area contributed by atoms with E-state index in [1.807, 2.05) is 0 Å². The molecule has 2 rings (SSSR count). The highest BCUT2D eigenvalue weighted by Crippen LogP contribution is 2.39. The predicted octanol–water partition coefficient (Wildman–Crippen LogP) is 3.79. The Bertz CT molecular complexity index is 273. The minimum absolute atomic E-state index is 0.0342. The summed E-state index contributed by atoms with van der Waals surface area (Å²) in [5.74, 6) is 1.28. The molecule has 1 saturated carbocycles. The van der Waals surface area contributed by atoms with Gasteiger partial charge in [-0.05, 0) is 51.1 Å². The lowest BCUT2D eigenvalue weighted by molar-refractivity contribution is -0.130. The minimum Gasteiger partial charge on any atom is -0.298 e. The first-order valence-corrected chi connectivity index (χ1v) is 7.93. The first-order valence-electron chi connectivity index (χ1n) is 7.93. The first kappa shape index (κ1) is 14.0. The van der Waals surface area contributed by atoms with Gasteiger partial charge in [0.1, 0.15) is 0 Å². The van der Waals surface area contributed by atoms with Crippen molar-refractivity contribution in [2.45, 2.75) is 77.2 Å². The maximum absolute atomic E-state index is 12.7. The zero-order valence-corrected chi connectivity index (χ0v) is 12.2. The van der Waals surface area contributed by atoms with Gasteiger partial charge in [0.05, 0.1) is 5.54 Å². The Labute approximate surface area is 112 Å². The van der Waals surface area contributed by atoms with Crippen molar-refractivity contribution in [3.8, 4) is 0 Å². The van der Waals surface area contributed by atoms with Crippen molar-refractivity contribution in [2.75, 3.05) is 13.1 Å². The molecule has 0 atom stereocenters. The number of rotatable bonds is 6. The van der Waals surface area contributed by atoms with Crippen LogP contribution in [0.4, 0.5) is 0 Å². The van der Waals surface area contributed by atoms with E-state index in [9.17, 15) is 4.79 Å². The molecular weight excluding hydrogens is 222 g/mol. The minimum atomic E-state index is -0.0342. The quantitative estimate of drug-likeness (QED) is 0.716. The smallest absolute Gasteiger partial charge is 0.153 e. The lowest BCUT2D eigenvalue weighted by Crippen LogP contribution is -2.51. The van der Waals surface area contributed by atoms with E-state index >= 15 is 0 Å². The standard InChI is InChI=1S/C16H29NO/c1-14(2)8-7-9-15(18)16(10-3-4-11-16)17-12-5-6-13-17/h14H,3-13H2,1-2H3. The van der Waals surface area contributed by atoms with Crippen LogP contribution in [0.15, 0.2) is 0 Å². The van der Waals surface area contributed by atoms with E-state index in [-0.39, 0.29) is 5.54 Å². The maximum Gasteiger partial charge on any atom is 0.153 e.